The van der Waals surface area contributed by atoms with Gasteiger partial charge < -0.3 is 39.2 Å². The van der Waals surface area contributed by atoms with Crippen molar-refractivity contribution >= 4 is 149 Å². The van der Waals surface area contributed by atoms with E-state index in [1.165, 1.54) is 169 Å². The van der Waals surface area contributed by atoms with Crippen LogP contribution in [0, 0.1) is 0 Å². The van der Waals surface area contributed by atoms with Crippen LogP contribution >= 0.6 is 0 Å². The van der Waals surface area contributed by atoms with Crippen molar-refractivity contribution in [3.05, 3.63) is 252 Å². The molecule has 454 valence electrons. The van der Waals surface area contributed by atoms with Crippen molar-refractivity contribution in [1.29, 1.82) is 0 Å². The van der Waals surface area contributed by atoms with E-state index >= 15 is 0 Å². The molecule has 10 heterocycles. The third-order valence-corrected chi connectivity index (χ3v) is 23.2. The van der Waals surface area contributed by atoms with Gasteiger partial charge in [-0.05, 0) is 234 Å². The zero-order chi connectivity index (χ0) is 61.3. The van der Waals surface area contributed by atoms with Gasteiger partial charge in [0, 0.05) is 142 Å². The van der Waals surface area contributed by atoms with Gasteiger partial charge in [0.2, 0.25) is 0 Å². The number of nitrogens with zero attached hydrogens (tertiary/aromatic N) is 8. The maximum absolute atomic E-state index is 2.80. The topological polar surface area (TPSA) is 25.9 Å². The number of hydrogen-bond acceptors (Lipinski definition) is 8. The highest BCUT2D eigenvalue weighted by Gasteiger charge is 2.51. The summed E-state index contributed by atoms with van der Waals surface area (Å²) in [5, 5.41) is 0. The molecule has 10 aliphatic rings. The summed E-state index contributed by atoms with van der Waals surface area (Å²) in [6.07, 6.45) is 13.3. The van der Waals surface area contributed by atoms with E-state index in [1.807, 2.05) is 0 Å². The molecule has 0 bridgehead atoms. The minimum Gasteiger partial charge on any atom is -0.342 e. The number of aryl methyl sites for hydroxylation is 4. The minimum absolute atomic E-state index is 0.0399. The Morgan fingerprint density at radius 1 is 0.223 bits per heavy atom. The molecular formula is C84H72B2N8. The second-order valence-corrected chi connectivity index (χ2v) is 28.0. The number of benzene rings is 11. The molecule has 8 nitrogen and oxygen atoms in total. The number of rotatable bonds is 6. The molecule has 10 aliphatic heterocycles. The first-order valence-electron chi connectivity index (χ1n) is 35.2. The van der Waals surface area contributed by atoms with Crippen LogP contribution in [0.4, 0.5) is 102 Å². The van der Waals surface area contributed by atoms with Gasteiger partial charge >= 0.3 is 0 Å². The predicted octanol–water partition coefficient (Wildman–Crippen LogP) is 15.4. The van der Waals surface area contributed by atoms with Gasteiger partial charge in [-0.2, -0.15) is 0 Å². The highest BCUT2D eigenvalue weighted by atomic mass is 15.2. The molecule has 0 aliphatic carbocycles. The quantitative estimate of drug-likeness (QED) is 0.152. The van der Waals surface area contributed by atoms with Crippen molar-refractivity contribution in [1.82, 2.24) is 0 Å². The standard InChI is InChI=1S/C84H72B2N8/c1-3-29-59(30-4-1)93-75-54-76-68(53-67(75)85-65-39-41-73(89-45-17-27-57-23-9-13-37-71(57)89)63-33-19-47-91(83(63)65)77-49-61(51-79(93)81(77)85)87-43-15-25-55-21-7-11-35-69(55)87)86-66-40-42-74(90-46-18-28-58-24-10-14-38-72(58)90)64-34-20-48-92(84(64)66)78-50-62(88-44-16-26-56-22-8-12-36-70(56)88)52-80(82(78)86)94(76)60-31-5-2-6-32-60/h1-14,21-24,29-32,35-42,49-54H,15-20,25-28,33-34,43-48H2. The number of anilines is 18. The molecule has 94 heavy (non-hydrogen) atoms. The fraction of sp³-hybridized carbons (Fsp3) is 0.214. The monoisotopic (exact) mass is 1210 g/mol. The Morgan fingerprint density at radius 3 is 0.979 bits per heavy atom. The van der Waals surface area contributed by atoms with E-state index < -0.39 is 0 Å². The van der Waals surface area contributed by atoms with Crippen LogP contribution < -0.4 is 72.0 Å². The lowest BCUT2D eigenvalue weighted by Gasteiger charge is -2.50. The Balaban J connectivity index is 0.859. The molecule has 0 atom stereocenters. The molecule has 0 saturated heterocycles. The second kappa shape index (κ2) is 20.7. The average Bonchev–Trinajstić information content (AvgIpc) is 0.684. The Kier molecular flexibility index (Phi) is 11.8. The molecule has 11 aromatic rings. The first kappa shape index (κ1) is 53.5. The van der Waals surface area contributed by atoms with E-state index in [2.05, 4.69) is 258 Å². The average molecular weight is 1220 g/mol. The van der Waals surface area contributed by atoms with Crippen molar-refractivity contribution in [2.45, 2.75) is 77.0 Å². The van der Waals surface area contributed by atoms with E-state index in [1.54, 1.807) is 0 Å². The summed E-state index contributed by atoms with van der Waals surface area (Å²) in [4.78, 5) is 21.7. The van der Waals surface area contributed by atoms with E-state index in [4.69, 9.17) is 0 Å². The van der Waals surface area contributed by atoms with Gasteiger partial charge in [-0.25, -0.2) is 0 Å². The summed E-state index contributed by atoms with van der Waals surface area (Å²) >= 11 is 0. The van der Waals surface area contributed by atoms with E-state index in [0.717, 1.165) is 116 Å². The molecule has 0 unspecified atom stereocenters. The van der Waals surface area contributed by atoms with Gasteiger partial charge in [-0.15, -0.1) is 0 Å². The Hall–Kier alpha value is -10.1. The molecule has 0 N–H and O–H groups in total. The van der Waals surface area contributed by atoms with Crippen LogP contribution in [0.3, 0.4) is 0 Å². The Morgan fingerprint density at radius 2 is 0.564 bits per heavy atom. The SMILES string of the molecule is c1ccc(N2c3cc4c(cc3B3c5ccc(N6CCCc7ccccc76)c6c5N(CCC6)c5cc(N6CCCc7ccccc76)cc2c53)B2c3ccc(N5CCCc6ccccc65)c5c3N(CCC5)c3cc(N5CCCc6ccccc65)cc(c32)N4c2ccccc2)cc1. The molecule has 21 rings (SSSR count). The fourth-order valence-corrected chi connectivity index (χ4v) is 19.4. The largest absolute Gasteiger partial charge is 0.342 e. The lowest BCUT2D eigenvalue weighted by molar-refractivity contribution is 0.742. The highest BCUT2D eigenvalue weighted by molar-refractivity contribution is 7.03. The lowest BCUT2D eigenvalue weighted by atomic mass is 9.30. The first-order chi connectivity index (χ1) is 46.7. The summed E-state index contributed by atoms with van der Waals surface area (Å²) in [6.45, 7) is 5.86. The maximum Gasteiger partial charge on any atom is 0.252 e. The second-order valence-electron chi connectivity index (χ2n) is 28.0. The van der Waals surface area contributed by atoms with Crippen molar-refractivity contribution in [3.63, 3.8) is 0 Å². The molecule has 10 heteroatoms. The maximum atomic E-state index is 2.80. The number of fused-ring (bicyclic) bond motifs is 12. The third-order valence-electron chi connectivity index (χ3n) is 23.2. The van der Waals surface area contributed by atoms with Crippen molar-refractivity contribution in [3.8, 4) is 0 Å². The van der Waals surface area contributed by atoms with Crippen LogP contribution in [-0.4, -0.2) is 52.7 Å². The van der Waals surface area contributed by atoms with Crippen molar-refractivity contribution < 1.29 is 0 Å². The zero-order valence-corrected chi connectivity index (χ0v) is 53.2. The predicted molar refractivity (Wildman–Crippen MR) is 396 cm³/mol. The van der Waals surface area contributed by atoms with Crippen LogP contribution in [-0.2, 0) is 38.5 Å². The molecule has 0 spiro atoms. The Labute approximate surface area is 552 Å². The fourth-order valence-electron chi connectivity index (χ4n) is 19.4. The number of para-hydroxylation sites is 6. The summed E-state index contributed by atoms with van der Waals surface area (Å²) in [7, 11) is 0. The van der Waals surface area contributed by atoms with Gasteiger partial charge in [-0.3, -0.25) is 0 Å². The molecule has 0 aromatic heterocycles. The summed E-state index contributed by atoms with van der Waals surface area (Å²) < 4.78 is 0. The smallest absolute Gasteiger partial charge is 0.252 e. The van der Waals surface area contributed by atoms with Crippen molar-refractivity contribution in [2.75, 3.05) is 78.5 Å². The summed E-state index contributed by atoms with van der Waals surface area (Å²) in [5.74, 6) is 0. The Bertz CT molecular complexity index is 4680. The lowest BCUT2D eigenvalue weighted by Crippen LogP contribution is -2.66. The van der Waals surface area contributed by atoms with Crippen LogP contribution in [0.15, 0.2) is 218 Å². The third kappa shape index (κ3) is 7.71. The number of hydrogen-bond donors (Lipinski definition) is 0. The van der Waals surface area contributed by atoms with Crippen LogP contribution in [0.2, 0.25) is 0 Å². The molecule has 0 radical (unpaired) electrons. The van der Waals surface area contributed by atoms with E-state index in [9.17, 15) is 0 Å². The molecule has 0 saturated carbocycles. The molecular weight excluding hydrogens is 1140 g/mol. The van der Waals surface area contributed by atoms with Gasteiger partial charge in [0.15, 0.2) is 0 Å². The molecule has 11 aromatic carbocycles. The van der Waals surface area contributed by atoms with Gasteiger partial charge in [-0.1, -0.05) is 127 Å². The zero-order valence-electron chi connectivity index (χ0n) is 53.2. The van der Waals surface area contributed by atoms with Crippen LogP contribution in [0.25, 0.3) is 0 Å². The van der Waals surface area contributed by atoms with Gasteiger partial charge in [0.25, 0.3) is 13.4 Å². The summed E-state index contributed by atoms with van der Waals surface area (Å²) in [6, 6.07) is 85.9. The van der Waals surface area contributed by atoms with Crippen LogP contribution in [0.1, 0.15) is 71.9 Å². The molecule has 0 fully saturated rings. The highest BCUT2D eigenvalue weighted by Crippen LogP contribution is 2.54. The van der Waals surface area contributed by atoms with Gasteiger partial charge in [0.05, 0.1) is 0 Å². The van der Waals surface area contributed by atoms with E-state index in [-0.39, 0.29) is 13.4 Å². The van der Waals surface area contributed by atoms with Crippen LogP contribution in [0.5, 0.6) is 0 Å². The van der Waals surface area contributed by atoms with E-state index in [0.29, 0.717) is 0 Å². The van der Waals surface area contributed by atoms with Gasteiger partial charge in [0.1, 0.15) is 0 Å². The summed E-state index contributed by atoms with van der Waals surface area (Å²) in [5.41, 5.74) is 41.0. The first-order valence-corrected chi connectivity index (χ1v) is 35.2. The van der Waals surface area contributed by atoms with Crippen molar-refractivity contribution in [2.24, 2.45) is 0 Å². The normalized spacial score (nSPS) is 17.2. The minimum atomic E-state index is -0.0399. The molecule has 0 amide bonds.